The molecule has 6 rings (SSSR count). The highest BCUT2D eigenvalue weighted by Crippen LogP contribution is 2.76. The molecule has 0 aliphatic heterocycles. The van der Waals surface area contributed by atoms with Gasteiger partial charge in [0.2, 0.25) is 0 Å². The highest BCUT2D eigenvalue weighted by Gasteiger charge is 2.69. The van der Waals surface area contributed by atoms with E-state index in [1.807, 2.05) is 42.0 Å². The van der Waals surface area contributed by atoms with Crippen molar-refractivity contribution in [2.75, 3.05) is 0 Å². The standard InChI is InChI=1S/C39H56O2/c1-34(2)22-23-36(5)24-25-38(7)28(29(36)26-34)15-16-31-37(6)20-19-32(35(3,4)30(37)18-21-39(31,38)8)41-33(40)17-14-27-12-10-9-11-13-27/h9-14,17,26,28,30-32H,15-16,18-25H2,1-8H3. The summed E-state index contributed by atoms with van der Waals surface area (Å²) in [6.45, 7) is 20.4. The fourth-order valence-electron chi connectivity index (χ4n) is 11.7. The molecule has 4 saturated carbocycles. The van der Waals surface area contributed by atoms with E-state index in [0.29, 0.717) is 33.0 Å². The lowest BCUT2D eigenvalue weighted by Gasteiger charge is -2.72. The van der Waals surface area contributed by atoms with E-state index >= 15 is 0 Å². The van der Waals surface area contributed by atoms with Crippen LogP contribution in [0.15, 0.2) is 48.1 Å². The first kappa shape index (κ1) is 29.3. The van der Waals surface area contributed by atoms with Gasteiger partial charge in [0.1, 0.15) is 6.10 Å². The summed E-state index contributed by atoms with van der Waals surface area (Å²) in [5.74, 6) is 1.87. The monoisotopic (exact) mass is 556 g/mol. The van der Waals surface area contributed by atoms with Gasteiger partial charge in [-0.1, -0.05) is 97.4 Å². The Hall–Kier alpha value is -1.83. The molecule has 0 bridgehead atoms. The van der Waals surface area contributed by atoms with Crippen molar-refractivity contribution in [2.45, 2.75) is 126 Å². The van der Waals surface area contributed by atoms with Crippen LogP contribution in [0.25, 0.3) is 6.08 Å². The van der Waals surface area contributed by atoms with Crippen LogP contribution in [-0.4, -0.2) is 12.1 Å². The Morgan fingerprint density at radius 3 is 2.20 bits per heavy atom. The van der Waals surface area contributed by atoms with E-state index in [1.165, 1.54) is 57.8 Å². The van der Waals surface area contributed by atoms with Crippen LogP contribution in [-0.2, 0) is 9.53 Å². The topological polar surface area (TPSA) is 26.3 Å². The molecule has 1 aromatic rings. The van der Waals surface area contributed by atoms with Gasteiger partial charge in [0, 0.05) is 11.5 Å². The van der Waals surface area contributed by atoms with E-state index in [1.54, 1.807) is 6.08 Å². The number of fused-ring (bicyclic) bond motifs is 7. The molecule has 0 saturated heterocycles. The number of allylic oxidation sites excluding steroid dienone is 2. The van der Waals surface area contributed by atoms with Crippen LogP contribution in [0.1, 0.15) is 125 Å². The average Bonchev–Trinajstić information content (AvgIpc) is 2.91. The molecular formula is C39H56O2. The summed E-state index contributed by atoms with van der Waals surface area (Å²) in [4.78, 5) is 13.0. The molecule has 8 atom stereocenters. The van der Waals surface area contributed by atoms with Crippen LogP contribution in [0.3, 0.4) is 0 Å². The third kappa shape index (κ3) is 4.43. The quantitative estimate of drug-likeness (QED) is 0.210. The molecule has 0 aromatic heterocycles. The molecular weight excluding hydrogens is 500 g/mol. The van der Waals surface area contributed by atoms with E-state index in [2.05, 4.69) is 61.5 Å². The zero-order valence-electron chi connectivity index (χ0n) is 27.3. The molecule has 5 aliphatic rings. The molecule has 2 nitrogen and oxygen atoms in total. The molecule has 224 valence electrons. The second-order valence-electron chi connectivity index (χ2n) is 17.3. The number of benzene rings is 1. The van der Waals surface area contributed by atoms with Gasteiger partial charge in [-0.05, 0) is 121 Å². The lowest BCUT2D eigenvalue weighted by atomic mass is 9.32. The van der Waals surface area contributed by atoms with Crippen molar-refractivity contribution < 1.29 is 9.53 Å². The number of carbonyl (C=O) groups is 1. The minimum atomic E-state index is -0.196. The summed E-state index contributed by atoms with van der Waals surface area (Å²) < 4.78 is 6.25. The first-order valence-electron chi connectivity index (χ1n) is 16.8. The minimum absolute atomic E-state index is 0.0187. The van der Waals surface area contributed by atoms with Gasteiger partial charge in [-0.15, -0.1) is 0 Å². The summed E-state index contributed by atoms with van der Waals surface area (Å²) >= 11 is 0. The van der Waals surface area contributed by atoms with Gasteiger partial charge in [0.15, 0.2) is 0 Å². The molecule has 0 spiro atoms. The largest absolute Gasteiger partial charge is 0.459 e. The first-order valence-corrected chi connectivity index (χ1v) is 16.8. The van der Waals surface area contributed by atoms with E-state index in [-0.39, 0.29) is 17.5 Å². The maximum Gasteiger partial charge on any atom is 0.331 e. The SMILES string of the molecule is CC1(C)C=C2C3CCC4C5(C)CCC(OC(=O)C=Cc6ccccc6)C(C)(C)C5CCC4(C)C3(C)CCC2(C)CC1. The summed E-state index contributed by atoms with van der Waals surface area (Å²) in [6, 6.07) is 10.0. The Balaban J connectivity index is 1.24. The lowest BCUT2D eigenvalue weighted by molar-refractivity contribution is -0.232. The van der Waals surface area contributed by atoms with Crippen molar-refractivity contribution in [2.24, 2.45) is 50.2 Å². The van der Waals surface area contributed by atoms with Crippen molar-refractivity contribution >= 4 is 12.0 Å². The van der Waals surface area contributed by atoms with Crippen LogP contribution in [0.4, 0.5) is 0 Å². The first-order chi connectivity index (χ1) is 19.1. The zero-order valence-corrected chi connectivity index (χ0v) is 27.3. The second-order valence-corrected chi connectivity index (χ2v) is 17.3. The molecule has 0 heterocycles. The van der Waals surface area contributed by atoms with Crippen molar-refractivity contribution in [3.8, 4) is 0 Å². The lowest BCUT2D eigenvalue weighted by Crippen LogP contribution is -2.66. The van der Waals surface area contributed by atoms with Gasteiger partial charge in [-0.2, -0.15) is 0 Å². The number of esters is 1. The van der Waals surface area contributed by atoms with Crippen LogP contribution >= 0.6 is 0 Å². The Kier molecular flexibility index (Phi) is 6.84. The predicted octanol–water partition coefficient (Wildman–Crippen LogP) is 10.4. The van der Waals surface area contributed by atoms with E-state index in [0.717, 1.165) is 23.8 Å². The van der Waals surface area contributed by atoms with Gasteiger partial charge in [0.25, 0.3) is 0 Å². The number of hydrogen-bond donors (Lipinski definition) is 0. The van der Waals surface area contributed by atoms with Gasteiger partial charge in [-0.3, -0.25) is 0 Å². The van der Waals surface area contributed by atoms with Crippen LogP contribution < -0.4 is 0 Å². The Morgan fingerprint density at radius 1 is 0.756 bits per heavy atom. The Bertz CT molecular complexity index is 1240. The Morgan fingerprint density at radius 2 is 1.46 bits per heavy atom. The summed E-state index contributed by atoms with van der Waals surface area (Å²) in [5.41, 5.74) is 4.65. The molecule has 5 aliphatic carbocycles. The van der Waals surface area contributed by atoms with Gasteiger partial charge >= 0.3 is 5.97 Å². The second kappa shape index (κ2) is 9.59. The number of hydrogen-bond acceptors (Lipinski definition) is 2. The van der Waals surface area contributed by atoms with Gasteiger partial charge < -0.3 is 4.74 Å². The fraction of sp³-hybridized carbons (Fsp3) is 0.718. The number of rotatable bonds is 3. The molecule has 4 fully saturated rings. The fourth-order valence-corrected chi connectivity index (χ4v) is 11.7. The third-order valence-electron chi connectivity index (χ3n) is 14.4. The third-order valence-corrected chi connectivity index (χ3v) is 14.4. The van der Waals surface area contributed by atoms with Gasteiger partial charge in [-0.25, -0.2) is 4.79 Å². The smallest absolute Gasteiger partial charge is 0.331 e. The van der Waals surface area contributed by atoms with Gasteiger partial charge in [0.05, 0.1) is 0 Å². The molecule has 8 unspecified atom stereocenters. The molecule has 0 amide bonds. The molecule has 0 radical (unpaired) electrons. The molecule has 2 heteroatoms. The van der Waals surface area contributed by atoms with E-state index in [4.69, 9.17) is 4.74 Å². The average molecular weight is 557 g/mol. The van der Waals surface area contributed by atoms with E-state index < -0.39 is 0 Å². The highest BCUT2D eigenvalue weighted by molar-refractivity contribution is 5.87. The summed E-state index contributed by atoms with van der Waals surface area (Å²) in [5, 5.41) is 0. The molecule has 0 N–H and O–H groups in total. The van der Waals surface area contributed by atoms with Crippen molar-refractivity contribution in [3.05, 3.63) is 53.6 Å². The zero-order chi connectivity index (χ0) is 29.5. The maximum absolute atomic E-state index is 13.0. The van der Waals surface area contributed by atoms with Crippen LogP contribution in [0.2, 0.25) is 0 Å². The molecule has 41 heavy (non-hydrogen) atoms. The summed E-state index contributed by atoms with van der Waals surface area (Å²) in [7, 11) is 0. The molecule has 1 aromatic carbocycles. The normalized spacial score (nSPS) is 44.5. The van der Waals surface area contributed by atoms with Crippen molar-refractivity contribution in [3.63, 3.8) is 0 Å². The van der Waals surface area contributed by atoms with E-state index in [9.17, 15) is 4.79 Å². The predicted molar refractivity (Wildman–Crippen MR) is 170 cm³/mol. The number of ether oxygens (including phenoxy) is 1. The van der Waals surface area contributed by atoms with Crippen molar-refractivity contribution in [1.82, 2.24) is 0 Å². The maximum atomic E-state index is 13.0. The van der Waals surface area contributed by atoms with Crippen molar-refractivity contribution in [1.29, 1.82) is 0 Å². The highest BCUT2D eigenvalue weighted by atomic mass is 16.5. The number of carbonyl (C=O) groups excluding carboxylic acids is 1. The minimum Gasteiger partial charge on any atom is -0.459 e. The van der Waals surface area contributed by atoms with Crippen LogP contribution in [0, 0.1) is 50.2 Å². The van der Waals surface area contributed by atoms with Crippen LogP contribution in [0.5, 0.6) is 0 Å². The summed E-state index contributed by atoms with van der Waals surface area (Å²) in [6.07, 6.45) is 19.1. The Labute approximate surface area is 250 Å².